The average Bonchev–Trinajstić information content (AvgIpc) is 3.27. The molecule has 1 amide bonds. The molecular weight excluding hydrogens is 468 g/mol. The summed E-state index contributed by atoms with van der Waals surface area (Å²) in [7, 11) is 0. The number of carbonyl (C=O) groups is 1. The van der Waals surface area contributed by atoms with Crippen LogP contribution >= 0.6 is 0 Å². The van der Waals surface area contributed by atoms with Crippen LogP contribution in [0, 0.1) is 6.92 Å². The lowest BCUT2D eigenvalue weighted by molar-refractivity contribution is 0.0944. The number of rotatable bonds is 9. The number of pyridine rings is 2. The van der Waals surface area contributed by atoms with Crippen LogP contribution in [0.15, 0.2) is 53.6 Å². The number of fused-ring (bicyclic) bond motifs is 1. The van der Waals surface area contributed by atoms with Crippen LogP contribution in [0.4, 0.5) is 0 Å². The lowest BCUT2D eigenvalue weighted by atomic mass is 10.0. The number of hydrogen-bond donors (Lipinski definition) is 2. The summed E-state index contributed by atoms with van der Waals surface area (Å²) in [5, 5.41) is 2.91. The molecule has 0 spiro atoms. The first-order valence-electron chi connectivity index (χ1n) is 12.6. The molecule has 0 aliphatic carbocycles. The minimum atomic E-state index is -0.323. The molecule has 0 atom stereocenters. The maximum Gasteiger partial charge on any atom is 0.268 e. The second-order valence-corrected chi connectivity index (χ2v) is 9.60. The van der Waals surface area contributed by atoms with E-state index in [1.807, 2.05) is 57.2 Å². The van der Waals surface area contributed by atoms with Crippen LogP contribution in [0.1, 0.15) is 68.0 Å². The van der Waals surface area contributed by atoms with Gasteiger partial charge < -0.3 is 19.8 Å². The van der Waals surface area contributed by atoms with E-state index in [1.165, 1.54) is 0 Å². The van der Waals surface area contributed by atoms with Gasteiger partial charge in [-0.25, -0.2) is 4.98 Å². The fourth-order valence-electron chi connectivity index (χ4n) is 4.32. The summed E-state index contributed by atoms with van der Waals surface area (Å²) in [6.07, 6.45) is 1.72. The molecule has 3 heterocycles. The molecule has 2 N–H and O–H groups in total. The Hall–Kier alpha value is -4.07. The molecule has 0 aliphatic heterocycles. The fourth-order valence-corrected chi connectivity index (χ4v) is 4.32. The third-order valence-electron chi connectivity index (χ3n) is 5.95. The lowest BCUT2D eigenvalue weighted by Crippen LogP contribution is -2.29. The molecule has 0 saturated carbocycles. The van der Waals surface area contributed by atoms with E-state index in [4.69, 9.17) is 9.47 Å². The number of ether oxygens (including phenoxy) is 2. The van der Waals surface area contributed by atoms with Gasteiger partial charge in [0.2, 0.25) is 0 Å². The predicted octanol–water partition coefficient (Wildman–Crippen LogP) is 5.24. The molecule has 0 saturated heterocycles. The van der Waals surface area contributed by atoms with Crippen LogP contribution in [-0.4, -0.2) is 33.0 Å². The van der Waals surface area contributed by atoms with Crippen LogP contribution in [0.5, 0.6) is 11.5 Å². The van der Waals surface area contributed by atoms with E-state index in [9.17, 15) is 9.59 Å². The molecule has 194 valence electrons. The molecule has 3 aromatic heterocycles. The second-order valence-electron chi connectivity index (χ2n) is 9.60. The van der Waals surface area contributed by atoms with Crippen molar-refractivity contribution in [2.75, 3.05) is 6.61 Å². The van der Waals surface area contributed by atoms with Gasteiger partial charge in [-0.1, -0.05) is 26.0 Å². The molecule has 4 aromatic rings. The van der Waals surface area contributed by atoms with E-state index in [-0.39, 0.29) is 30.0 Å². The van der Waals surface area contributed by atoms with Crippen LogP contribution in [0.2, 0.25) is 0 Å². The van der Waals surface area contributed by atoms with Crippen molar-refractivity contribution in [2.24, 2.45) is 0 Å². The Morgan fingerprint density at radius 2 is 1.89 bits per heavy atom. The summed E-state index contributed by atoms with van der Waals surface area (Å²) in [5.41, 5.74) is 4.77. The zero-order chi connectivity index (χ0) is 26.7. The Bertz CT molecular complexity index is 1480. The van der Waals surface area contributed by atoms with Gasteiger partial charge in [0.05, 0.1) is 36.0 Å². The molecule has 0 aliphatic rings. The van der Waals surface area contributed by atoms with Crippen molar-refractivity contribution in [1.29, 1.82) is 0 Å². The van der Waals surface area contributed by atoms with Crippen LogP contribution in [0.25, 0.3) is 16.6 Å². The van der Waals surface area contributed by atoms with Gasteiger partial charge in [0.1, 0.15) is 23.5 Å². The Morgan fingerprint density at radius 3 is 2.59 bits per heavy atom. The van der Waals surface area contributed by atoms with Crippen LogP contribution < -0.4 is 20.3 Å². The van der Waals surface area contributed by atoms with Gasteiger partial charge >= 0.3 is 0 Å². The first kappa shape index (κ1) is 26.0. The zero-order valence-electron chi connectivity index (χ0n) is 22.2. The van der Waals surface area contributed by atoms with E-state index in [2.05, 4.69) is 29.1 Å². The summed E-state index contributed by atoms with van der Waals surface area (Å²) in [5.74, 6) is 1.08. The fraction of sp³-hybridized carbons (Fsp3) is 0.345. The number of hydrogen-bond acceptors (Lipinski definition) is 5. The molecule has 0 unspecified atom stereocenters. The molecule has 0 bridgehead atoms. The molecule has 0 radical (unpaired) electrons. The van der Waals surface area contributed by atoms with Gasteiger partial charge in [-0.05, 0) is 75.1 Å². The summed E-state index contributed by atoms with van der Waals surface area (Å²) in [6.45, 7) is 12.2. The highest BCUT2D eigenvalue weighted by atomic mass is 16.5. The maximum absolute atomic E-state index is 13.5. The number of nitrogens with zero attached hydrogens (tertiary/aromatic N) is 2. The predicted molar refractivity (Wildman–Crippen MR) is 145 cm³/mol. The van der Waals surface area contributed by atoms with Crippen molar-refractivity contribution in [3.63, 3.8) is 0 Å². The van der Waals surface area contributed by atoms with Gasteiger partial charge in [0.15, 0.2) is 0 Å². The number of aryl methyl sites for hydroxylation is 1. The molecule has 37 heavy (non-hydrogen) atoms. The summed E-state index contributed by atoms with van der Waals surface area (Å²) in [6, 6.07) is 13.5. The second kappa shape index (κ2) is 10.9. The number of aromatic nitrogens is 3. The summed E-state index contributed by atoms with van der Waals surface area (Å²) >= 11 is 0. The quantitative estimate of drug-likeness (QED) is 0.326. The third kappa shape index (κ3) is 5.69. The third-order valence-corrected chi connectivity index (χ3v) is 5.95. The van der Waals surface area contributed by atoms with E-state index in [1.54, 1.807) is 23.7 Å². The SMILES string of the molecule is CCOc1cc(C)[nH]c(=O)c1CNC(=O)c1cc(-c2cccc(OC(C)C)c2)cc2c(C(C)C)ncn12. The average molecular weight is 503 g/mol. The Kier molecular flexibility index (Phi) is 7.66. The standard InChI is InChI=1S/C29H34N4O4/c1-7-36-26-11-19(6)32-28(34)23(26)15-30-29(35)25-14-21(13-24-27(17(2)3)31-16-33(24)25)20-9-8-10-22(12-20)37-18(4)5/h8-14,16-18H,7,15H2,1-6H3,(H,30,35)(H,32,34). The van der Waals surface area contributed by atoms with Crippen molar-refractivity contribution in [2.45, 2.75) is 60.1 Å². The van der Waals surface area contributed by atoms with Crippen molar-refractivity contribution in [1.82, 2.24) is 19.7 Å². The molecule has 8 nitrogen and oxygen atoms in total. The summed E-state index contributed by atoms with van der Waals surface area (Å²) in [4.78, 5) is 33.5. The topological polar surface area (TPSA) is 97.7 Å². The molecule has 0 fully saturated rings. The minimum absolute atomic E-state index is 0.0267. The first-order chi connectivity index (χ1) is 17.7. The smallest absolute Gasteiger partial charge is 0.268 e. The highest BCUT2D eigenvalue weighted by Gasteiger charge is 2.19. The van der Waals surface area contributed by atoms with Crippen molar-refractivity contribution >= 4 is 11.4 Å². The highest BCUT2D eigenvalue weighted by Crippen LogP contribution is 2.30. The normalized spacial score (nSPS) is 11.4. The highest BCUT2D eigenvalue weighted by molar-refractivity contribution is 5.95. The van der Waals surface area contributed by atoms with Gasteiger partial charge in [-0.2, -0.15) is 0 Å². The number of benzene rings is 1. The maximum atomic E-state index is 13.5. The van der Waals surface area contributed by atoms with Gasteiger partial charge in [-0.3, -0.25) is 14.0 Å². The Morgan fingerprint density at radius 1 is 1.11 bits per heavy atom. The van der Waals surface area contributed by atoms with Gasteiger partial charge in [0.25, 0.3) is 11.5 Å². The Balaban J connectivity index is 1.75. The minimum Gasteiger partial charge on any atom is -0.493 e. The van der Waals surface area contributed by atoms with Crippen LogP contribution in [-0.2, 0) is 6.54 Å². The van der Waals surface area contributed by atoms with Crippen molar-refractivity contribution < 1.29 is 14.3 Å². The number of carbonyl (C=O) groups excluding carboxylic acids is 1. The van der Waals surface area contributed by atoms with Crippen LogP contribution in [0.3, 0.4) is 0 Å². The number of nitrogens with one attached hydrogen (secondary N) is 2. The monoisotopic (exact) mass is 502 g/mol. The summed E-state index contributed by atoms with van der Waals surface area (Å²) < 4.78 is 13.3. The van der Waals surface area contributed by atoms with Crippen molar-refractivity contribution in [3.8, 4) is 22.6 Å². The van der Waals surface area contributed by atoms with E-state index < -0.39 is 0 Å². The molecular formula is C29H34N4O4. The molecule has 4 rings (SSSR count). The molecule has 1 aromatic carbocycles. The lowest BCUT2D eigenvalue weighted by Gasteiger charge is -2.14. The van der Waals surface area contributed by atoms with E-state index in [0.29, 0.717) is 29.3 Å². The number of imidazole rings is 1. The van der Waals surface area contributed by atoms with E-state index >= 15 is 0 Å². The van der Waals surface area contributed by atoms with Crippen molar-refractivity contribution in [3.05, 3.63) is 81.8 Å². The van der Waals surface area contributed by atoms with Gasteiger partial charge in [-0.15, -0.1) is 0 Å². The zero-order valence-corrected chi connectivity index (χ0v) is 22.2. The van der Waals surface area contributed by atoms with E-state index in [0.717, 1.165) is 28.1 Å². The van der Waals surface area contributed by atoms with Gasteiger partial charge in [0, 0.05) is 5.69 Å². The Labute approximate surface area is 216 Å². The number of aromatic amines is 1. The number of H-pyrrole nitrogens is 1. The molecule has 8 heteroatoms. The number of amides is 1. The largest absolute Gasteiger partial charge is 0.493 e. The first-order valence-corrected chi connectivity index (χ1v) is 12.6.